The van der Waals surface area contributed by atoms with Crippen LogP contribution in [0.5, 0.6) is 0 Å². The first kappa shape index (κ1) is 14.0. The normalized spacial score (nSPS) is 18.0. The van der Waals surface area contributed by atoms with Crippen LogP contribution in [0.3, 0.4) is 0 Å². The number of hydrogen-bond donors (Lipinski definition) is 1. The predicted molar refractivity (Wildman–Crippen MR) is 76.7 cm³/mol. The van der Waals surface area contributed by atoms with Gasteiger partial charge in [-0.3, -0.25) is 0 Å². The van der Waals surface area contributed by atoms with E-state index >= 15 is 0 Å². The largest absolute Gasteiger partial charge is 0.376 e. The van der Waals surface area contributed by atoms with Crippen LogP contribution in [0.1, 0.15) is 36.4 Å². The van der Waals surface area contributed by atoms with Crippen molar-refractivity contribution in [3.63, 3.8) is 0 Å². The van der Waals surface area contributed by atoms with Crippen LogP contribution in [-0.4, -0.2) is 0 Å². The summed E-state index contributed by atoms with van der Waals surface area (Å²) in [6.45, 7) is 0. The minimum Gasteiger partial charge on any atom is -0.376 e. The Kier molecular flexibility index (Phi) is 3.86. The third-order valence-corrected chi connectivity index (χ3v) is 3.96. The zero-order valence-electron chi connectivity index (χ0n) is 11.5. The fraction of sp³-hybridized carbons (Fsp3) is 0.294. The summed E-state index contributed by atoms with van der Waals surface area (Å²) in [5.74, 6) is -2.98. The molecule has 21 heavy (non-hydrogen) atoms. The molecule has 0 fully saturated rings. The molecule has 2 aromatic carbocycles. The van der Waals surface area contributed by atoms with Crippen LogP contribution in [0.15, 0.2) is 36.4 Å². The van der Waals surface area contributed by atoms with Gasteiger partial charge in [0.1, 0.15) is 5.82 Å². The molecule has 0 spiro atoms. The molecule has 0 aromatic heterocycles. The second kappa shape index (κ2) is 5.80. The zero-order chi connectivity index (χ0) is 14.8. The van der Waals surface area contributed by atoms with E-state index in [0.717, 1.165) is 37.3 Å². The quantitative estimate of drug-likeness (QED) is 0.607. The van der Waals surface area contributed by atoms with E-state index in [1.807, 2.05) is 18.2 Å². The second-order valence-electron chi connectivity index (χ2n) is 5.39. The highest BCUT2D eigenvalue weighted by molar-refractivity contribution is 5.48. The number of nitrogens with one attached hydrogen (secondary N) is 1. The lowest BCUT2D eigenvalue weighted by Gasteiger charge is -2.21. The fourth-order valence-corrected chi connectivity index (χ4v) is 2.89. The van der Waals surface area contributed by atoms with E-state index < -0.39 is 17.5 Å². The summed E-state index contributed by atoms with van der Waals surface area (Å²) in [6.07, 6.45) is 3.93. The van der Waals surface area contributed by atoms with E-state index in [4.69, 9.17) is 0 Å². The van der Waals surface area contributed by atoms with Crippen LogP contribution in [0, 0.1) is 17.5 Å². The Morgan fingerprint density at radius 3 is 2.52 bits per heavy atom. The molecule has 0 aliphatic heterocycles. The van der Waals surface area contributed by atoms with Gasteiger partial charge in [0.2, 0.25) is 0 Å². The van der Waals surface area contributed by atoms with Gasteiger partial charge in [0, 0.05) is 12.1 Å². The van der Waals surface area contributed by atoms with Gasteiger partial charge in [-0.25, -0.2) is 13.2 Å². The number of benzene rings is 2. The molecule has 1 atom stereocenters. The maximum absolute atomic E-state index is 13.8. The van der Waals surface area contributed by atoms with Crippen molar-refractivity contribution in [3.05, 3.63) is 65.0 Å². The van der Waals surface area contributed by atoms with Gasteiger partial charge in [-0.05, 0) is 30.4 Å². The third-order valence-electron chi connectivity index (χ3n) is 3.96. The minimum atomic E-state index is -1.17. The van der Waals surface area contributed by atoms with E-state index in [-0.39, 0.29) is 11.7 Å². The van der Waals surface area contributed by atoms with E-state index in [1.54, 1.807) is 0 Å². The number of hydrogen-bond acceptors (Lipinski definition) is 1. The molecule has 3 rings (SSSR count). The van der Waals surface area contributed by atoms with Gasteiger partial charge in [0.25, 0.3) is 0 Å². The van der Waals surface area contributed by atoms with Crippen molar-refractivity contribution in [1.29, 1.82) is 0 Å². The van der Waals surface area contributed by atoms with Crippen molar-refractivity contribution >= 4 is 5.69 Å². The molecule has 110 valence electrons. The molecule has 0 saturated heterocycles. The van der Waals surface area contributed by atoms with Gasteiger partial charge in [-0.2, -0.15) is 0 Å². The molecule has 0 bridgehead atoms. The van der Waals surface area contributed by atoms with Crippen molar-refractivity contribution < 1.29 is 13.2 Å². The third kappa shape index (κ3) is 2.89. The molecule has 1 N–H and O–H groups in total. The second-order valence-corrected chi connectivity index (χ2v) is 5.39. The van der Waals surface area contributed by atoms with E-state index in [0.29, 0.717) is 6.07 Å². The van der Waals surface area contributed by atoms with Crippen LogP contribution in [0.25, 0.3) is 0 Å². The molecule has 1 nitrogen and oxygen atoms in total. The van der Waals surface area contributed by atoms with Crippen molar-refractivity contribution in [2.75, 3.05) is 5.32 Å². The van der Waals surface area contributed by atoms with Gasteiger partial charge in [0.15, 0.2) is 11.6 Å². The highest BCUT2D eigenvalue weighted by Gasteiger charge is 2.20. The van der Waals surface area contributed by atoms with Crippen LogP contribution in [0.2, 0.25) is 0 Å². The Morgan fingerprint density at radius 2 is 1.67 bits per heavy atom. The Labute approximate surface area is 121 Å². The molecule has 0 radical (unpaired) electrons. The summed E-state index contributed by atoms with van der Waals surface area (Å²) in [4.78, 5) is 0. The first-order chi connectivity index (χ1) is 10.1. The summed E-state index contributed by atoms with van der Waals surface area (Å²) in [5.41, 5.74) is 2.35. The lowest BCUT2D eigenvalue weighted by atomic mass is 9.99. The minimum absolute atomic E-state index is 0.00982. The smallest absolute Gasteiger partial charge is 0.161 e. The molecular weight excluding hydrogens is 275 g/mol. The Hall–Kier alpha value is -1.97. The van der Waals surface area contributed by atoms with Crippen LogP contribution < -0.4 is 5.32 Å². The lowest BCUT2D eigenvalue weighted by Crippen LogP contribution is -2.12. The van der Waals surface area contributed by atoms with Crippen LogP contribution >= 0.6 is 0 Å². The number of rotatable bonds is 2. The van der Waals surface area contributed by atoms with Crippen molar-refractivity contribution in [3.8, 4) is 0 Å². The first-order valence-corrected chi connectivity index (χ1v) is 7.14. The van der Waals surface area contributed by atoms with Gasteiger partial charge < -0.3 is 5.32 Å². The van der Waals surface area contributed by atoms with Gasteiger partial charge >= 0.3 is 0 Å². The summed E-state index contributed by atoms with van der Waals surface area (Å²) in [5, 5.41) is 3.03. The highest BCUT2D eigenvalue weighted by Crippen LogP contribution is 2.32. The lowest BCUT2D eigenvalue weighted by molar-refractivity contribution is 0.495. The first-order valence-electron chi connectivity index (χ1n) is 7.14. The predicted octanol–water partition coefficient (Wildman–Crippen LogP) is 4.98. The molecule has 1 unspecified atom stereocenters. The van der Waals surface area contributed by atoms with Crippen molar-refractivity contribution in [1.82, 2.24) is 0 Å². The van der Waals surface area contributed by atoms with E-state index in [1.165, 1.54) is 5.56 Å². The maximum atomic E-state index is 13.8. The van der Waals surface area contributed by atoms with E-state index in [9.17, 15) is 13.2 Å². The molecule has 0 heterocycles. The number of fused-ring (bicyclic) bond motifs is 1. The van der Waals surface area contributed by atoms with Gasteiger partial charge in [-0.1, -0.05) is 30.7 Å². The Balaban J connectivity index is 1.93. The van der Waals surface area contributed by atoms with Gasteiger partial charge in [-0.15, -0.1) is 0 Å². The van der Waals surface area contributed by atoms with Gasteiger partial charge in [0.05, 0.1) is 11.7 Å². The Bertz CT molecular complexity index is 654. The molecule has 1 aliphatic rings. The van der Waals surface area contributed by atoms with Crippen molar-refractivity contribution in [2.45, 2.75) is 31.7 Å². The molecular formula is C17H16F3N. The molecule has 4 heteroatoms. The molecule has 1 aliphatic carbocycles. The average molecular weight is 291 g/mol. The summed E-state index contributed by atoms with van der Waals surface area (Å²) >= 11 is 0. The molecule has 2 aromatic rings. The SMILES string of the molecule is Fc1cc(F)c(NC2CCCCc3ccccc32)cc1F. The summed E-state index contributed by atoms with van der Waals surface area (Å²) in [7, 11) is 0. The van der Waals surface area contributed by atoms with E-state index in [2.05, 4.69) is 11.4 Å². The number of aryl methyl sites for hydroxylation is 1. The summed E-state index contributed by atoms with van der Waals surface area (Å²) in [6, 6.07) is 9.40. The zero-order valence-corrected chi connectivity index (χ0v) is 11.5. The topological polar surface area (TPSA) is 12.0 Å². The monoisotopic (exact) mass is 291 g/mol. The molecule has 0 amide bonds. The van der Waals surface area contributed by atoms with Crippen molar-refractivity contribution in [2.24, 2.45) is 0 Å². The fourth-order valence-electron chi connectivity index (χ4n) is 2.89. The highest BCUT2D eigenvalue weighted by atomic mass is 19.2. The number of halogens is 3. The molecule has 0 saturated carbocycles. The number of anilines is 1. The standard InChI is InChI=1S/C17H16F3N/c18-13-9-15(20)17(10-14(13)19)21-16-8-4-2-6-11-5-1-3-7-12(11)16/h1,3,5,7,9-10,16,21H,2,4,6,8H2. The maximum Gasteiger partial charge on any atom is 0.161 e. The average Bonchev–Trinajstić information content (AvgIpc) is 2.67. The van der Waals surface area contributed by atoms with Crippen LogP contribution in [-0.2, 0) is 6.42 Å². The summed E-state index contributed by atoms with van der Waals surface area (Å²) < 4.78 is 40.1. The Morgan fingerprint density at radius 1 is 0.905 bits per heavy atom. The van der Waals surface area contributed by atoms with Crippen LogP contribution in [0.4, 0.5) is 18.9 Å².